The highest BCUT2D eigenvalue weighted by atomic mass is 14.9. The van der Waals surface area contributed by atoms with Crippen LogP contribution in [0.3, 0.4) is 0 Å². The van der Waals surface area contributed by atoms with Crippen molar-refractivity contribution < 1.29 is 0 Å². The van der Waals surface area contributed by atoms with E-state index in [4.69, 9.17) is 0 Å². The molecule has 90 valence electrons. The van der Waals surface area contributed by atoms with Gasteiger partial charge in [-0.1, -0.05) is 12.5 Å². The molecule has 0 saturated carbocycles. The number of hydrogen-bond acceptors (Lipinski definition) is 1. The molecule has 1 atom stereocenters. The third-order valence-electron chi connectivity index (χ3n) is 2.84. The highest BCUT2D eigenvalue weighted by molar-refractivity contribution is 5.09. The van der Waals surface area contributed by atoms with Crippen LogP contribution in [-0.4, -0.2) is 10.6 Å². The van der Waals surface area contributed by atoms with E-state index in [1.54, 1.807) is 0 Å². The van der Waals surface area contributed by atoms with Crippen LogP contribution in [0.25, 0.3) is 0 Å². The maximum Gasteiger partial charge on any atom is 0.0223 e. The maximum atomic E-state index is 3.74. The van der Waals surface area contributed by atoms with Gasteiger partial charge < -0.3 is 9.88 Å². The first kappa shape index (κ1) is 13.0. The Morgan fingerprint density at radius 2 is 2.31 bits per heavy atom. The molecule has 0 aliphatic heterocycles. The third kappa shape index (κ3) is 5.17. The molecular formula is C14H24N2. The van der Waals surface area contributed by atoms with Crippen LogP contribution in [0.1, 0.15) is 38.2 Å². The van der Waals surface area contributed by atoms with Crippen LogP contribution in [0, 0.1) is 0 Å². The lowest BCUT2D eigenvalue weighted by atomic mass is 10.1. The van der Waals surface area contributed by atoms with Crippen molar-refractivity contribution in [3.8, 4) is 0 Å². The van der Waals surface area contributed by atoms with Crippen LogP contribution in [0.5, 0.6) is 0 Å². The minimum atomic E-state index is 0.602. The van der Waals surface area contributed by atoms with Crippen molar-refractivity contribution >= 4 is 0 Å². The van der Waals surface area contributed by atoms with E-state index in [0.717, 1.165) is 13.0 Å². The molecule has 0 saturated heterocycles. The molecule has 1 rings (SSSR count). The molecule has 0 aliphatic carbocycles. The third-order valence-corrected chi connectivity index (χ3v) is 2.84. The molecular weight excluding hydrogens is 196 g/mol. The van der Waals surface area contributed by atoms with Gasteiger partial charge in [-0.25, -0.2) is 0 Å². The molecule has 0 aliphatic rings. The summed E-state index contributed by atoms with van der Waals surface area (Å²) < 4.78 is 2.09. The van der Waals surface area contributed by atoms with Gasteiger partial charge in [0.1, 0.15) is 0 Å². The Labute approximate surface area is 99.4 Å². The average molecular weight is 220 g/mol. The number of hydrogen-bond donors (Lipinski definition) is 1. The molecule has 0 fully saturated rings. The van der Waals surface area contributed by atoms with E-state index in [1.807, 2.05) is 6.08 Å². The second kappa shape index (κ2) is 7.29. The first-order valence-electron chi connectivity index (χ1n) is 6.17. The molecule has 2 heteroatoms. The molecule has 0 bridgehead atoms. The number of rotatable bonds is 8. The van der Waals surface area contributed by atoms with Gasteiger partial charge >= 0.3 is 0 Å². The van der Waals surface area contributed by atoms with Gasteiger partial charge in [0, 0.05) is 32.0 Å². The highest BCUT2D eigenvalue weighted by Crippen LogP contribution is 2.05. The van der Waals surface area contributed by atoms with E-state index < -0.39 is 0 Å². The highest BCUT2D eigenvalue weighted by Gasteiger charge is 2.01. The van der Waals surface area contributed by atoms with E-state index >= 15 is 0 Å². The van der Waals surface area contributed by atoms with Gasteiger partial charge in [0.2, 0.25) is 0 Å². The topological polar surface area (TPSA) is 17.0 Å². The van der Waals surface area contributed by atoms with Crippen molar-refractivity contribution in [2.24, 2.45) is 7.05 Å². The maximum absolute atomic E-state index is 3.74. The summed E-state index contributed by atoms with van der Waals surface area (Å²) in [6, 6.07) is 2.77. The van der Waals surface area contributed by atoms with E-state index in [2.05, 4.69) is 48.9 Å². The Morgan fingerprint density at radius 1 is 1.50 bits per heavy atom. The van der Waals surface area contributed by atoms with Crippen molar-refractivity contribution in [3.63, 3.8) is 0 Å². The van der Waals surface area contributed by atoms with Gasteiger partial charge in [-0.2, -0.15) is 0 Å². The number of aromatic nitrogens is 1. The van der Waals surface area contributed by atoms with Crippen LogP contribution in [0.2, 0.25) is 0 Å². The summed E-state index contributed by atoms with van der Waals surface area (Å²) >= 11 is 0. The number of aryl methyl sites for hydroxylation is 1. The lowest BCUT2D eigenvalue weighted by molar-refractivity contribution is 0.490. The molecule has 16 heavy (non-hydrogen) atoms. The zero-order chi connectivity index (χ0) is 11.8. The average Bonchev–Trinajstić information content (AvgIpc) is 2.68. The summed E-state index contributed by atoms with van der Waals surface area (Å²) in [5, 5.41) is 3.55. The monoisotopic (exact) mass is 220 g/mol. The SMILES string of the molecule is C=CCCCCC(C)NCc1ccn(C)c1. The molecule has 0 aromatic carbocycles. The van der Waals surface area contributed by atoms with Gasteiger partial charge in [-0.3, -0.25) is 0 Å². The van der Waals surface area contributed by atoms with E-state index in [1.165, 1.54) is 24.8 Å². The fourth-order valence-corrected chi connectivity index (χ4v) is 1.80. The lowest BCUT2D eigenvalue weighted by Crippen LogP contribution is -2.25. The summed E-state index contributed by atoms with van der Waals surface area (Å²) in [6.07, 6.45) is 11.2. The predicted octanol–water partition coefficient (Wildman–Crippen LogP) is 3.25. The van der Waals surface area contributed by atoms with Crippen LogP contribution in [0.15, 0.2) is 31.1 Å². The minimum Gasteiger partial charge on any atom is -0.357 e. The van der Waals surface area contributed by atoms with Gasteiger partial charge in [-0.15, -0.1) is 6.58 Å². The second-order valence-corrected chi connectivity index (χ2v) is 4.54. The Kier molecular flexibility index (Phi) is 5.94. The molecule has 1 aromatic rings. The lowest BCUT2D eigenvalue weighted by Gasteiger charge is -2.12. The number of nitrogens with one attached hydrogen (secondary N) is 1. The molecule has 0 radical (unpaired) electrons. The first-order valence-corrected chi connectivity index (χ1v) is 6.17. The van der Waals surface area contributed by atoms with E-state index in [9.17, 15) is 0 Å². The van der Waals surface area contributed by atoms with Gasteiger partial charge in [0.25, 0.3) is 0 Å². The van der Waals surface area contributed by atoms with Crippen molar-refractivity contribution in [2.75, 3.05) is 0 Å². The number of allylic oxidation sites excluding steroid dienone is 1. The second-order valence-electron chi connectivity index (χ2n) is 4.54. The Morgan fingerprint density at radius 3 is 2.94 bits per heavy atom. The Bertz CT molecular complexity index is 301. The fraction of sp³-hybridized carbons (Fsp3) is 0.571. The minimum absolute atomic E-state index is 0.602. The summed E-state index contributed by atoms with van der Waals surface area (Å²) in [4.78, 5) is 0. The zero-order valence-electron chi connectivity index (χ0n) is 10.6. The van der Waals surface area contributed by atoms with Crippen LogP contribution >= 0.6 is 0 Å². The van der Waals surface area contributed by atoms with Crippen LogP contribution < -0.4 is 5.32 Å². The fourth-order valence-electron chi connectivity index (χ4n) is 1.80. The van der Waals surface area contributed by atoms with Crippen molar-refractivity contribution in [1.29, 1.82) is 0 Å². The van der Waals surface area contributed by atoms with Gasteiger partial charge in [-0.05, 0) is 37.8 Å². The molecule has 0 amide bonds. The van der Waals surface area contributed by atoms with Gasteiger partial charge in [0.15, 0.2) is 0 Å². The Balaban J connectivity index is 2.10. The standard InChI is InChI=1S/C14H24N2/c1-4-5-6-7-8-13(2)15-11-14-9-10-16(3)12-14/h4,9-10,12-13,15H,1,5-8,11H2,2-3H3. The van der Waals surface area contributed by atoms with Crippen LogP contribution in [-0.2, 0) is 13.6 Å². The summed E-state index contributed by atoms with van der Waals surface area (Å²) in [5.41, 5.74) is 1.36. The van der Waals surface area contributed by atoms with Crippen molar-refractivity contribution in [1.82, 2.24) is 9.88 Å². The summed E-state index contributed by atoms with van der Waals surface area (Å²) in [7, 11) is 2.06. The molecule has 2 nitrogen and oxygen atoms in total. The van der Waals surface area contributed by atoms with Crippen molar-refractivity contribution in [3.05, 3.63) is 36.7 Å². The summed E-state index contributed by atoms with van der Waals surface area (Å²) in [6.45, 7) is 6.97. The van der Waals surface area contributed by atoms with Crippen LogP contribution in [0.4, 0.5) is 0 Å². The molecule has 1 N–H and O–H groups in total. The molecule has 1 unspecified atom stereocenters. The number of unbranched alkanes of at least 4 members (excludes halogenated alkanes) is 2. The molecule has 1 aromatic heterocycles. The summed E-state index contributed by atoms with van der Waals surface area (Å²) in [5.74, 6) is 0. The first-order chi connectivity index (χ1) is 7.72. The normalized spacial score (nSPS) is 12.6. The molecule has 1 heterocycles. The Hall–Kier alpha value is -1.02. The van der Waals surface area contributed by atoms with E-state index in [-0.39, 0.29) is 0 Å². The predicted molar refractivity (Wildman–Crippen MR) is 70.4 cm³/mol. The molecule has 0 spiro atoms. The largest absolute Gasteiger partial charge is 0.357 e. The smallest absolute Gasteiger partial charge is 0.0223 e. The zero-order valence-corrected chi connectivity index (χ0v) is 10.6. The van der Waals surface area contributed by atoms with E-state index in [0.29, 0.717) is 6.04 Å². The van der Waals surface area contributed by atoms with Crippen molar-refractivity contribution in [2.45, 2.75) is 45.2 Å². The van der Waals surface area contributed by atoms with Gasteiger partial charge in [0.05, 0.1) is 0 Å². The quantitative estimate of drug-likeness (QED) is 0.525. The number of nitrogens with zero attached hydrogens (tertiary/aromatic N) is 1.